The van der Waals surface area contributed by atoms with Gasteiger partial charge in [-0.05, 0) is 25.3 Å². The lowest BCUT2D eigenvalue weighted by Crippen LogP contribution is -2.06. The van der Waals surface area contributed by atoms with Crippen molar-refractivity contribution in [2.75, 3.05) is 11.1 Å². The molecule has 3 N–H and O–H groups in total. The molecule has 0 amide bonds. The minimum atomic E-state index is 0.294. The Labute approximate surface area is 120 Å². The first-order chi connectivity index (χ1) is 9.56. The van der Waals surface area contributed by atoms with Crippen molar-refractivity contribution in [3.63, 3.8) is 0 Å². The zero-order chi connectivity index (χ0) is 14.3. The van der Waals surface area contributed by atoms with Crippen LogP contribution in [-0.4, -0.2) is 19.7 Å². The van der Waals surface area contributed by atoms with Crippen LogP contribution in [-0.2, 0) is 13.6 Å². The predicted molar refractivity (Wildman–Crippen MR) is 81.8 cm³/mol. The highest BCUT2D eigenvalue weighted by atomic mass is 32.1. The van der Waals surface area contributed by atoms with Gasteiger partial charge in [0.1, 0.15) is 10.6 Å². The van der Waals surface area contributed by atoms with Crippen LogP contribution in [0.4, 0.5) is 11.8 Å². The molecule has 0 saturated heterocycles. The SMILES string of the molecule is Cc1nn(C)c(C)c1CNc1nc(N)nc2sccc12. The van der Waals surface area contributed by atoms with Gasteiger partial charge in [-0.15, -0.1) is 11.3 Å². The highest BCUT2D eigenvalue weighted by Crippen LogP contribution is 2.26. The Morgan fingerprint density at radius 1 is 1.35 bits per heavy atom. The third kappa shape index (κ3) is 2.09. The highest BCUT2D eigenvalue weighted by Gasteiger charge is 2.11. The first kappa shape index (κ1) is 12.9. The number of thiophene rings is 1. The normalized spacial score (nSPS) is 11.2. The number of aryl methyl sites for hydroxylation is 2. The van der Waals surface area contributed by atoms with Gasteiger partial charge in [-0.25, -0.2) is 4.98 Å². The summed E-state index contributed by atoms with van der Waals surface area (Å²) in [4.78, 5) is 9.41. The summed E-state index contributed by atoms with van der Waals surface area (Å²) in [6.07, 6.45) is 0. The molecule has 0 aliphatic rings. The Kier molecular flexibility index (Phi) is 3.06. The van der Waals surface area contributed by atoms with Gasteiger partial charge in [0.25, 0.3) is 0 Å². The van der Waals surface area contributed by atoms with Gasteiger partial charge >= 0.3 is 0 Å². The van der Waals surface area contributed by atoms with Gasteiger partial charge in [0.2, 0.25) is 5.95 Å². The summed E-state index contributed by atoms with van der Waals surface area (Å²) in [6, 6.07) is 2.00. The first-order valence-corrected chi connectivity index (χ1v) is 7.18. The number of nitrogens with two attached hydrogens (primary N) is 1. The number of aromatic nitrogens is 4. The summed E-state index contributed by atoms with van der Waals surface area (Å²) in [7, 11) is 1.95. The quantitative estimate of drug-likeness (QED) is 0.772. The van der Waals surface area contributed by atoms with Crippen molar-refractivity contribution in [3.05, 3.63) is 28.4 Å². The zero-order valence-electron chi connectivity index (χ0n) is 11.6. The summed E-state index contributed by atoms with van der Waals surface area (Å²) in [5.74, 6) is 1.07. The van der Waals surface area contributed by atoms with Crippen LogP contribution in [0.15, 0.2) is 11.4 Å². The summed E-state index contributed by atoms with van der Waals surface area (Å²) in [5, 5.41) is 10.8. The molecule has 20 heavy (non-hydrogen) atoms. The lowest BCUT2D eigenvalue weighted by molar-refractivity contribution is 0.730. The maximum Gasteiger partial charge on any atom is 0.223 e. The van der Waals surface area contributed by atoms with E-state index in [0.717, 1.165) is 27.4 Å². The number of fused-ring (bicyclic) bond motifs is 1. The number of nitrogens with one attached hydrogen (secondary N) is 1. The fraction of sp³-hybridized carbons (Fsp3) is 0.308. The number of nitrogen functional groups attached to an aromatic ring is 1. The summed E-state index contributed by atoms with van der Waals surface area (Å²) >= 11 is 1.56. The van der Waals surface area contributed by atoms with E-state index in [1.54, 1.807) is 11.3 Å². The molecule has 0 saturated carbocycles. The van der Waals surface area contributed by atoms with E-state index in [4.69, 9.17) is 5.73 Å². The molecular weight excluding hydrogens is 272 g/mol. The average Bonchev–Trinajstić information content (AvgIpc) is 2.94. The van der Waals surface area contributed by atoms with Gasteiger partial charge in [-0.3, -0.25) is 4.68 Å². The molecule has 0 radical (unpaired) electrons. The minimum Gasteiger partial charge on any atom is -0.368 e. The largest absolute Gasteiger partial charge is 0.368 e. The Balaban J connectivity index is 1.92. The Morgan fingerprint density at radius 3 is 2.85 bits per heavy atom. The van der Waals surface area contributed by atoms with Crippen LogP contribution in [0.3, 0.4) is 0 Å². The topological polar surface area (TPSA) is 81.7 Å². The summed E-state index contributed by atoms with van der Waals surface area (Å²) < 4.78 is 1.89. The lowest BCUT2D eigenvalue weighted by atomic mass is 10.2. The number of hydrogen-bond acceptors (Lipinski definition) is 6. The lowest BCUT2D eigenvalue weighted by Gasteiger charge is -2.08. The Bertz CT molecular complexity index is 773. The molecule has 0 fully saturated rings. The maximum atomic E-state index is 5.74. The molecule has 0 spiro atoms. The number of anilines is 2. The smallest absolute Gasteiger partial charge is 0.223 e. The second kappa shape index (κ2) is 4.75. The van der Waals surface area contributed by atoms with Crippen LogP contribution in [0.1, 0.15) is 17.0 Å². The third-order valence-corrected chi connectivity index (χ3v) is 4.24. The van der Waals surface area contributed by atoms with Crippen LogP contribution in [0, 0.1) is 13.8 Å². The molecule has 3 aromatic rings. The monoisotopic (exact) mass is 288 g/mol. The van der Waals surface area contributed by atoms with E-state index in [1.165, 1.54) is 5.56 Å². The maximum absolute atomic E-state index is 5.74. The molecule has 0 atom stereocenters. The van der Waals surface area contributed by atoms with Gasteiger partial charge in [0.05, 0.1) is 11.1 Å². The van der Waals surface area contributed by atoms with Crippen LogP contribution >= 0.6 is 11.3 Å². The van der Waals surface area contributed by atoms with Crippen molar-refractivity contribution in [1.82, 2.24) is 19.7 Å². The van der Waals surface area contributed by atoms with E-state index in [2.05, 4.69) is 27.3 Å². The van der Waals surface area contributed by atoms with Crippen LogP contribution in [0.2, 0.25) is 0 Å². The molecular formula is C13H16N6S. The van der Waals surface area contributed by atoms with Gasteiger partial charge in [-0.2, -0.15) is 10.1 Å². The fourth-order valence-electron chi connectivity index (χ4n) is 2.25. The van der Waals surface area contributed by atoms with E-state index < -0.39 is 0 Å². The molecule has 0 bridgehead atoms. The van der Waals surface area contributed by atoms with Crippen molar-refractivity contribution < 1.29 is 0 Å². The summed E-state index contributed by atoms with van der Waals surface area (Å²) in [5.41, 5.74) is 9.11. The van der Waals surface area contributed by atoms with Crippen molar-refractivity contribution in [2.24, 2.45) is 7.05 Å². The van der Waals surface area contributed by atoms with Crippen molar-refractivity contribution >= 4 is 33.3 Å². The van der Waals surface area contributed by atoms with Crippen molar-refractivity contribution in [2.45, 2.75) is 20.4 Å². The Hall–Kier alpha value is -2.15. The molecule has 0 aliphatic heterocycles. The van der Waals surface area contributed by atoms with Crippen molar-refractivity contribution in [1.29, 1.82) is 0 Å². The molecule has 7 heteroatoms. The fourth-order valence-corrected chi connectivity index (χ4v) is 3.02. The van der Waals surface area contributed by atoms with Gasteiger partial charge < -0.3 is 11.1 Å². The van der Waals surface area contributed by atoms with Crippen LogP contribution in [0.5, 0.6) is 0 Å². The molecule has 0 aliphatic carbocycles. The molecule has 3 aromatic heterocycles. The number of rotatable bonds is 3. The van der Waals surface area contributed by atoms with Crippen LogP contribution in [0.25, 0.3) is 10.2 Å². The molecule has 3 rings (SSSR count). The zero-order valence-corrected chi connectivity index (χ0v) is 12.5. The van der Waals surface area contributed by atoms with Gasteiger partial charge in [0.15, 0.2) is 0 Å². The predicted octanol–water partition coefficient (Wildman–Crippen LogP) is 2.24. The average molecular weight is 288 g/mol. The minimum absolute atomic E-state index is 0.294. The first-order valence-electron chi connectivity index (χ1n) is 6.30. The van der Waals surface area contributed by atoms with E-state index in [1.807, 2.05) is 30.1 Å². The van der Waals surface area contributed by atoms with E-state index in [9.17, 15) is 0 Å². The molecule has 104 valence electrons. The molecule has 6 nitrogen and oxygen atoms in total. The number of nitrogens with zero attached hydrogens (tertiary/aromatic N) is 4. The summed E-state index contributed by atoms with van der Waals surface area (Å²) in [6.45, 7) is 4.75. The van der Waals surface area contributed by atoms with Gasteiger partial charge in [-0.1, -0.05) is 0 Å². The van der Waals surface area contributed by atoms with Crippen LogP contribution < -0.4 is 11.1 Å². The van der Waals surface area contributed by atoms with Gasteiger partial charge in [0, 0.05) is 24.8 Å². The number of hydrogen-bond donors (Lipinski definition) is 2. The highest BCUT2D eigenvalue weighted by molar-refractivity contribution is 7.16. The van der Waals surface area contributed by atoms with E-state index in [-0.39, 0.29) is 0 Å². The third-order valence-electron chi connectivity index (χ3n) is 3.43. The van der Waals surface area contributed by atoms with E-state index >= 15 is 0 Å². The molecule has 3 heterocycles. The second-order valence-corrected chi connectivity index (χ2v) is 5.59. The molecule has 0 aromatic carbocycles. The van der Waals surface area contributed by atoms with Crippen molar-refractivity contribution in [3.8, 4) is 0 Å². The second-order valence-electron chi connectivity index (χ2n) is 4.70. The Morgan fingerprint density at radius 2 is 2.15 bits per heavy atom. The molecule has 0 unspecified atom stereocenters. The standard InChI is InChI=1S/C13H16N6S/c1-7-10(8(2)19(3)18-7)6-15-11-9-4-5-20-12(9)17-13(14)16-11/h4-5H,6H2,1-3H3,(H3,14,15,16,17). The van der Waals surface area contributed by atoms with E-state index in [0.29, 0.717) is 12.5 Å².